The summed E-state index contributed by atoms with van der Waals surface area (Å²) in [7, 11) is 4.61. The minimum atomic E-state index is -0.147. The number of rotatable bonds is 7. The second-order valence-corrected chi connectivity index (χ2v) is 6.20. The fraction of sp³-hybridized carbons (Fsp3) is 0.421. The van der Waals surface area contributed by atoms with Gasteiger partial charge in [-0.3, -0.25) is 14.3 Å². The highest BCUT2D eigenvalue weighted by molar-refractivity contribution is 5.90. The Morgan fingerprint density at radius 3 is 2.57 bits per heavy atom. The predicted octanol–water partition coefficient (Wildman–Crippen LogP) is 2.17. The third kappa shape index (κ3) is 3.40. The molecule has 0 bridgehead atoms. The van der Waals surface area contributed by atoms with E-state index in [4.69, 9.17) is 14.2 Å². The molecule has 9 heteroatoms. The van der Waals surface area contributed by atoms with Gasteiger partial charge in [0, 0.05) is 19.5 Å². The van der Waals surface area contributed by atoms with Crippen molar-refractivity contribution < 1.29 is 14.2 Å². The topological polar surface area (TPSA) is 101 Å². The van der Waals surface area contributed by atoms with Crippen LogP contribution in [-0.2, 0) is 4.74 Å². The van der Waals surface area contributed by atoms with Gasteiger partial charge < -0.3 is 14.2 Å². The lowest BCUT2D eigenvalue weighted by molar-refractivity contribution is 0.153. The van der Waals surface area contributed by atoms with Crippen LogP contribution in [0.1, 0.15) is 25.1 Å². The molecule has 0 N–H and O–H groups in total. The van der Waals surface area contributed by atoms with Gasteiger partial charge in [0.2, 0.25) is 5.88 Å². The monoisotopic (exact) mass is 385 g/mol. The molecule has 0 amide bonds. The molecule has 0 radical (unpaired) electrons. The molecule has 0 fully saturated rings. The van der Waals surface area contributed by atoms with E-state index in [0.717, 1.165) is 6.42 Å². The van der Waals surface area contributed by atoms with E-state index in [1.165, 1.54) is 14.2 Å². The van der Waals surface area contributed by atoms with E-state index in [2.05, 4.69) is 19.9 Å². The molecule has 0 aliphatic rings. The Bertz CT molecular complexity index is 1050. The van der Waals surface area contributed by atoms with E-state index >= 15 is 0 Å². The molecule has 0 saturated heterocycles. The predicted molar refractivity (Wildman–Crippen MR) is 104 cm³/mol. The number of fused-ring (bicyclic) bond motifs is 1. The standard InChI is InChI=1S/C19H23N5O4/c1-6-12(10-26-3)24-14-7-8-20-15(16(14)22-11(2)18(24)25)13-9-21-19(28-5)23-17(13)27-4/h7-9,12H,6,10H2,1-5H3/t12-/m0/s1. The third-order valence-corrected chi connectivity index (χ3v) is 4.53. The highest BCUT2D eigenvalue weighted by Crippen LogP contribution is 2.32. The van der Waals surface area contributed by atoms with Gasteiger partial charge in [-0.15, -0.1) is 0 Å². The summed E-state index contributed by atoms with van der Waals surface area (Å²) >= 11 is 0. The Morgan fingerprint density at radius 2 is 1.93 bits per heavy atom. The lowest BCUT2D eigenvalue weighted by atomic mass is 10.1. The zero-order chi connectivity index (χ0) is 20.3. The first-order chi connectivity index (χ1) is 13.5. The first-order valence-corrected chi connectivity index (χ1v) is 8.87. The smallest absolute Gasteiger partial charge is 0.319 e. The molecule has 3 aromatic heterocycles. The number of pyridine rings is 1. The fourth-order valence-electron chi connectivity index (χ4n) is 3.14. The van der Waals surface area contributed by atoms with Crippen molar-refractivity contribution in [2.75, 3.05) is 27.9 Å². The Kier molecular flexibility index (Phi) is 5.84. The summed E-state index contributed by atoms with van der Waals surface area (Å²) in [5.74, 6) is 0.313. The Labute approximate surface area is 162 Å². The molecule has 9 nitrogen and oxygen atoms in total. The van der Waals surface area contributed by atoms with E-state index in [9.17, 15) is 4.79 Å². The van der Waals surface area contributed by atoms with E-state index in [0.29, 0.717) is 40.5 Å². The molecule has 28 heavy (non-hydrogen) atoms. The number of aromatic nitrogens is 5. The van der Waals surface area contributed by atoms with Crippen LogP contribution in [0.25, 0.3) is 22.3 Å². The van der Waals surface area contributed by atoms with Crippen LogP contribution in [0.2, 0.25) is 0 Å². The van der Waals surface area contributed by atoms with Crippen molar-refractivity contribution in [3.63, 3.8) is 0 Å². The first kappa shape index (κ1) is 19.7. The summed E-state index contributed by atoms with van der Waals surface area (Å²) in [5.41, 5.74) is 2.56. The number of ether oxygens (including phenoxy) is 3. The van der Waals surface area contributed by atoms with Crippen molar-refractivity contribution in [3.8, 4) is 23.1 Å². The Morgan fingerprint density at radius 1 is 1.14 bits per heavy atom. The van der Waals surface area contributed by atoms with Crippen LogP contribution in [0, 0.1) is 6.92 Å². The summed E-state index contributed by atoms with van der Waals surface area (Å²) in [4.78, 5) is 30.3. The second-order valence-electron chi connectivity index (χ2n) is 6.20. The quantitative estimate of drug-likeness (QED) is 0.610. The van der Waals surface area contributed by atoms with Crippen LogP contribution in [0.15, 0.2) is 23.3 Å². The average Bonchev–Trinajstić information content (AvgIpc) is 2.72. The van der Waals surface area contributed by atoms with E-state index in [1.54, 1.807) is 37.1 Å². The third-order valence-electron chi connectivity index (χ3n) is 4.53. The fourth-order valence-corrected chi connectivity index (χ4v) is 3.14. The SMILES string of the molecule is CC[C@@H](COC)n1c(=O)c(C)nc2c(-c3cnc(OC)nc3OC)nccc21. The van der Waals surface area contributed by atoms with Crippen LogP contribution in [0.4, 0.5) is 0 Å². The highest BCUT2D eigenvalue weighted by Gasteiger charge is 2.21. The molecule has 0 aromatic carbocycles. The summed E-state index contributed by atoms with van der Waals surface area (Å²) in [6.07, 6.45) is 3.94. The van der Waals surface area contributed by atoms with Crippen molar-refractivity contribution in [1.82, 2.24) is 24.5 Å². The van der Waals surface area contributed by atoms with Gasteiger partial charge in [-0.05, 0) is 19.4 Å². The van der Waals surface area contributed by atoms with Crippen LogP contribution in [0.5, 0.6) is 11.9 Å². The number of nitrogens with zero attached hydrogens (tertiary/aromatic N) is 5. The normalized spacial score (nSPS) is 12.2. The van der Waals surface area contributed by atoms with Gasteiger partial charge in [0.25, 0.3) is 5.56 Å². The van der Waals surface area contributed by atoms with Gasteiger partial charge >= 0.3 is 6.01 Å². The maximum Gasteiger partial charge on any atom is 0.319 e. The molecule has 0 spiro atoms. The summed E-state index contributed by atoms with van der Waals surface area (Å²) in [6, 6.07) is 1.85. The van der Waals surface area contributed by atoms with E-state index < -0.39 is 0 Å². The van der Waals surface area contributed by atoms with E-state index in [-0.39, 0.29) is 17.6 Å². The number of aryl methyl sites for hydroxylation is 1. The van der Waals surface area contributed by atoms with Crippen molar-refractivity contribution in [2.45, 2.75) is 26.3 Å². The molecular weight excluding hydrogens is 362 g/mol. The van der Waals surface area contributed by atoms with Crippen LogP contribution in [-0.4, -0.2) is 52.4 Å². The number of methoxy groups -OCH3 is 3. The highest BCUT2D eigenvalue weighted by atomic mass is 16.5. The molecule has 0 aliphatic carbocycles. The molecule has 0 aliphatic heterocycles. The van der Waals surface area contributed by atoms with Crippen molar-refractivity contribution in [3.05, 3.63) is 34.5 Å². The molecular formula is C19H23N5O4. The van der Waals surface area contributed by atoms with Crippen LogP contribution >= 0.6 is 0 Å². The molecule has 1 atom stereocenters. The zero-order valence-electron chi connectivity index (χ0n) is 16.6. The Hall–Kier alpha value is -3.07. The van der Waals surface area contributed by atoms with Gasteiger partial charge in [0.1, 0.15) is 16.9 Å². The maximum atomic E-state index is 12.9. The summed E-state index contributed by atoms with van der Waals surface area (Å²) < 4.78 is 17.5. The molecule has 0 saturated carbocycles. The van der Waals surface area contributed by atoms with Crippen LogP contribution in [0.3, 0.4) is 0 Å². The number of hydrogen-bond acceptors (Lipinski definition) is 8. The van der Waals surface area contributed by atoms with Gasteiger partial charge in [-0.1, -0.05) is 6.92 Å². The van der Waals surface area contributed by atoms with Gasteiger partial charge in [-0.2, -0.15) is 4.98 Å². The lowest BCUT2D eigenvalue weighted by Gasteiger charge is -2.21. The molecule has 148 valence electrons. The second kappa shape index (κ2) is 8.30. The molecule has 3 rings (SSSR count). The minimum absolute atomic E-state index is 0.119. The summed E-state index contributed by atoms with van der Waals surface area (Å²) in [6.45, 7) is 4.12. The van der Waals surface area contributed by atoms with Crippen LogP contribution < -0.4 is 15.0 Å². The average molecular weight is 385 g/mol. The van der Waals surface area contributed by atoms with Crippen molar-refractivity contribution in [1.29, 1.82) is 0 Å². The largest absolute Gasteiger partial charge is 0.480 e. The summed E-state index contributed by atoms with van der Waals surface area (Å²) in [5, 5.41) is 0. The first-order valence-electron chi connectivity index (χ1n) is 8.87. The minimum Gasteiger partial charge on any atom is -0.480 e. The lowest BCUT2D eigenvalue weighted by Crippen LogP contribution is -2.30. The van der Waals surface area contributed by atoms with Gasteiger partial charge in [0.15, 0.2) is 0 Å². The molecule has 0 unspecified atom stereocenters. The van der Waals surface area contributed by atoms with Crippen molar-refractivity contribution in [2.24, 2.45) is 0 Å². The van der Waals surface area contributed by atoms with Gasteiger partial charge in [0.05, 0.1) is 37.9 Å². The molecule has 3 aromatic rings. The van der Waals surface area contributed by atoms with Gasteiger partial charge in [-0.25, -0.2) is 9.97 Å². The Balaban J connectivity index is 2.33. The molecule has 3 heterocycles. The zero-order valence-corrected chi connectivity index (χ0v) is 16.6. The number of hydrogen-bond donors (Lipinski definition) is 0. The van der Waals surface area contributed by atoms with Crippen molar-refractivity contribution >= 4 is 11.0 Å². The van der Waals surface area contributed by atoms with E-state index in [1.807, 2.05) is 6.92 Å². The maximum absolute atomic E-state index is 12.9.